The Morgan fingerprint density at radius 3 is 1.70 bits per heavy atom. The van der Waals surface area contributed by atoms with E-state index in [1.807, 2.05) is 6.07 Å². The van der Waals surface area contributed by atoms with Crippen LogP contribution < -0.4 is 0 Å². The molecule has 0 saturated carbocycles. The van der Waals surface area contributed by atoms with Gasteiger partial charge in [-0.2, -0.15) is 6.07 Å². The smallest absolute Gasteiger partial charge is 0.358 e. The Kier molecular flexibility index (Phi) is 6.90. The molecule has 1 rings (SSSR count). The van der Waals surface area contributed by atoms with Gasteiger partial charge in [0.1, 0.15) is 0 Å². The minimum Gasteiger partial charge on any atom is -0.358 e. The molecule has 0 nitrogen and oxygen atoms in total. The first-order chi connectivity index (χ1) is 3.79. The summed E-state index contributed by atoms with van der Waals surface area (Å²) >= 11 is 0. The summed E-state index contributed by atoms with van der Waals surface area (Å²) in [6.45, 7) is 0. The summed E-state index contributed by atoms with van der Waals surface area (Å²) in [7, 11) is 0. The summed E-state index contributed by atoms with van der Waals surface area (Å²) in [6.07, 6.45) is 0. The van der Waals surface area contributed by atoms with Gasteiger partial charge in [0.2, 0.25) is 0 Å². The van der Waals surface area contributed by atoms with Crippen LogP contribution in [-0.4, -0.2) is 0 Å². The van der Waals surface area contributed by atoms with E-state index in [2.05, 4.69) is 0 Å². The average Bonchev–Trinajstić information content (AvgIpc) is 1.64. The predicted octanol–water partition coefficient (Wildman–Crippen LogP) is 2.21. The van der Waals surface area contributed by atoms with Crippen LogP contribution in [0, 0.1) is 25.1 Å². The van der Waals surface area contributed by atoms with E-state index >= 15 is 0 Å². The molecule has 0 atom stereocenters. The van der Waals surface area contributed by atoms with E-state index in [-0.39, 0.29) is 28.5 Å². The van der Waals surface area contributed by atoms with Gasteiger partial charge < -0.3 is 7.43 Å². The molecule has 0 radical (unpaired) electrons. The summed E-state index contributed by atoms with van der Waals surface area (Å²) in [5.74, 6) is -1.32. The molecule has 0 bridgehead atoms. The molecule has 0 saturated heterocycles. The van der Waals surface area contributed by atoms with E-state index in [0.717, 1.165) is 12.1 Å². The van der Waals surface area contributed by atoms with E-state index < -0.39 is 11.6 Å². The van der Waals surface area contributed by atoms with Crippen molar-refractivity contribution in [2.75, 3.05) is 0 Å². The Balaban J connectivity index is 0. The molecule has 0 amide bonds. The Bertz CT molecular complexity index is 171. The third-order valence-electron chi connectivity index (χ3n) is 0.724. The molecule has 0 aliphatic carbocycles. The normalized spacial score (nSPS) is 7.40. The van der Waals surface area contributed by atoms with Crippen molar-refractivity contribution in [3.8, 4) is 0 Å². The molecule has 0 aliphatic rings. The maximum absolute atomic E-state index is 11.9. The fourth-order valence-electron chi connectivity index (χ4n) is 0.414. The van der Waals surface area contributed by atoms with Crippen molar-refractivity contribution in [3.05, 3.63) is 43.3 Å². The largest absolute Gasteiger partial charge is 2.00 e. The minimum absolute atomic E-state index is 0. The fourth-order valence-corrected chi connectivity index (χ4v) is 0.414. The van der Waals surface area contributed by atoms with Crippen LogP contribution in [0.5, 0.6) is 0 Å². The van der Waals surface area contributed by atoms with Gasteiger partial charge in [0.25, 0.3) is 0 Å². The van der Waals surface area contributed by atoms with Gasteiger partial charge >= 0.3 is 21.1 Å². The summed E-state index contributed by atoms with van der Waals surface area (Å²) in [4.78, 5) is 0. The molecule has 0 aromatic heterocycles. The molecule has 0 aliphatic heterocycles. The molecule has 3 heteroatoms. The monoisotopic (exact) mass is 312 g/mol. The SMILES string of the molecule is Fc1[c-]c(F)ccc1.[CH3-].[W+2]. The van der Waals surface area contributed by atoms with Gasteiger partial charge in [-0.05, 0) is 0 Å². The Hall–Kier alpha value is -0.232. The zero-order valence-electron chi connectivity index (χ0n) is 5.40. The first-order valence-electron chi connectivity index (χ1n) is 2.12. The second-order valence-electron chi connectivity index (χ2n) is 1.35. The number of benzene rings is 1. The van der Waals surface area contributed by atoms with Crippen molar-refractivity contribution in [3.63, 3.8) is 0 Å². The van der Waals surface area contributed by atoms with Crippen LogP contribution in [0.3, 0.4) is 0 Å². The summed E-state index contributed by atoms with van der Waals surface area (Å²) in [5.41, 5.74) is 0. The second-order valence-corrected chi connectivity index (χ2v) is 1.35. The van der Waals surface area contributed by atoms with E-state index in [0.29, 0.717) is 0 Å². The predicted molar refractivity (Wildman–Crippen MR) is 31.6 cm³/mol. The van der Waals surface area contributed by atoms with E-state index in [1.54, 1.807) is 0 Å². The van der Waals surface area contributed by atoms with E-state index in [1.165, 1.54) is 6.07 Å². The van der Waals surface area contributed by atoms with Crippen LogP contribution in [0.1, 0.15) is 0 Å². The van der Waals surface area contributed by atoms with Crippen molar-refractivity contribution in [2.24, 2.45) is 0 Å². The quantitative estimate of drug-likeness (QED) is 0.645. The standard InChI is InChI=1S/C6H3F2.CH3.W/c7-5-2-1-3-6(8)4-5;;/h1-3H;1H3;/q2*-1;+2. The zero-order valence-corrected chi connectivity index (χ0v) is 8.33. The molecule has 10 heavy (non-hydrogen) atoms. The van der Waals surface area contributed by atoms with Gasteiger partial charge in [0, 0.05) is 11.6 Å². The minimum atomic E-state index is -0.662. The molecule has 1 aromatic carbocycles. The zero-order chi connectivity index (χ0) is 5.98. The van der Waals surface area contributed by atoms with Crippen LogP contribution in [0.2, 0.25) is 0 Å². The topological polar surface area (TPSA) is 0 Å². The van der Waals surface area contributed by atoms with Gasteiger partial charge in [-0.3, -0.25) is 0 Å². The van der Waals surface area contributed by atoms with Crippen molar-refractivity contribution < 1.29 is 29.8 Å². The van der Waals surface area contributed by atoms with E-state index in [9.17, 15) is 8.78 Å². The second kappa shape index (κ2) is 5.55. The van der Waals surface area contributed by atoms with Crippen molar-refractivity contribution in [1.82, 2.24) is 0 Å². The van der Waals surface area contributed by atoms with Crippen molar-refractivity contribution in [2.45, 2.75) is 0 Å². The number of halogens is 2. The van der Waals surface area contributed by atoms with Crippen LogP contribution in [0.15, 0.2) is 18.2 Å². The molecule has 0 spiro atoms. The Morgan fingerprint density at radius 1 is 1.10 bits per heavy atom. The molecule has 0 fully saturated rings. The van der Waals surface area contributed by atoms with Gasteiger partial charge in [-0.1, -0.05) is 0 Å². The molecule has 0 unspecified atom stereocenters. The van der Waals surface area contributed by atoms with Gasteiger partial charge in [0.15, 0.2) is 0 Å². The van der Waals surface area contributed by atoms with Crippen LogP contribution in [0.25, 0.3) is 0 Å². The fraction of sp³-hybridized carbons (Fsp3) is 0. The summed E-state index contributed by atoms with van der Waals surface area (Å²) in [6, 6.07) is 5.41. The summed E-state index contributed by atoms with van der Waals surface area (Å²) < 4.78 is 23.7. The summed E-state index contributed by atoms with van der Waals surface area (Å²) in [5, 5.41) is 0. The maximum atomic E-state index is 11.9. The third-order valence-corrected chi connectivity index (χ3v) is 0.724. The van der Waals surface area contributed by atoms with Crippen LogP contribution in [0.4, 0.5) is 8.78 Å². The van der Waals surface area contributed by atoms with Crippen LogP contribution >= 0.6 is 0 Å². The van der Waals surface area contributed by atoms with Crippen molar-refractivity contribution in [1.29, 1.82) is 0 Å². The van der Waals surface area contributed by atoms with Gasteiger partial charge in [0.05, 0.1) is 0 Å². The van der Waals surface area contributed by atoms with Gasteiger partial charge in [-0.15, -0.1) is 18.2 Å². The molecule has 1 aromatic rings. The molecule has 54 valence electrons. The first-order valence-corrected chi connectivity index (χ1v) is 2.12. The van der Waals surface area contributed by atoms with Crippen LogP contribution in [-0.2, 0) is 21.1 Å². The average molecular weight is 312 g/mol. The Morgan fingerprint density at radius 2 is 1.50 bits per heavy atom. The molecule has 0 heterocycles. The first kappa shape index (κ1) is 12.4. The number of hydrogen-bond acceptors (Lipinski definition) is 0. The molecular weight excluding hydrogens is 306 g/mol. The third kappa shape index (κ3) is 3.73. The number of hydrogen-bond donors (Lipinski definition) is 0. The van der Waals surface area contributed by atoms with Crippen molar-refractivity contribution >= 4 is 0 Å². The van der Waals surface area contributed by atoms with E-state index in [4.69, 9.17) is 0 Å². The molecular formula is C7H6F2W. The van der Waals surface area contributed by atoms with Gasteiger partial charge in [-0.25, -0.2) is 8.78 Å². The Labute approximate surface area is 73.5 Å². The maximum Gasteiger partial charge on any atom is 2.00 e. The molecule has 0 N–H and O–H groups in total. The number of rotatable bonds is 0.